The third-order valence-corrected chi connectivity index (χ3v) is 1.48. The van der Waals surface area contributed by atoms with Gasteiger partial charge in [0.25, 0.3) is 0 Å². The summed E-state index contributed by atoms with van der Waals surface area (Å²) >= 11 is 0. The Morgan fingerprint density at radius 1 is 1.31 bits per heavy atom. The van der Waals surface area contributed by atoms with Gasteiger partial charge >= 0.3 is 6.09 Å². The van der Waals surface area contributed by atoms with E-state index in [9.17, 15) is 4.79 Å². The van der Waals surface area contributed by atoms with Crippen molar-refractivity contribution in [1.82, 2.24) is 5.32 Å². The first-order valence-electron chi connectivity index (χ1n) is 4.39. The predicted octanol–water partition coefficient (Wildman–Crippen LogP) is 0.0979. The van der Waals surface area contributed by atoms with E-state index in [1.165, 1.54) is 0 Å². The smallest absolute Gasteiger partial charge is 0.404 e. The molecule has 0 atom stereocenters. The fourth-order valence-corrected chi connectivity index (χ4v) is 0.845. The average molecular weight is 190 g/mol. The monoisotopic (exact) mass is 190 g/mol. The van der Waals surface area contributed by atoms with Gasteiger partial charge in [-0.1, -0.05) is 0 Å². The van der Waals surface area contributed by atoms with Crippen LogP contribution in [0.4, 0.5) is 4.79 Å². The van der Waals surface area contributed by atoms with Crippen molar-refractivity contribution >= 4 is 6.09 Å². The van der Waals surface area contributed by atoms with Gasteiger partial charge in [-0.25, -0.2) is 4.79 Å². The molecule has 78 valence electrons. The van der Waals surface area contributed by atoms with Crippen LogP contribution in [0.15, 0.2) is 0 Å². The summed E-state index contributed by atoms with van der Waals surface area (Å²) < 4.78 is 9.41. The number of carbonyl (C=O) groups is 1. The number of rotatable bonds is 8. The summed E-state index contributed by atoms with van der Waals surface area (Å²) in [5, 5.41) is 3.11. The average Bonchev–Trinajstić information content (AvgIpc) is 2.09. The van der Waals surface area contributed by atoms with Gasteiger partial charge in [-0.2, -0.15) is 0 Å². The first-order valence-corrected chi connectivity index (χ1v) is 4.39. The molecule has 0 bridgehead atoms. The highest BCUT2D eigenvalue weighted by Crippen LogP contribution is 1.86. The van der Waals surface area contributed by atoms with Crippen LogP contribution in [0.2, 0.25) is 0 Å². The molecule has 0 rings (SSSR count). The molecule has 0 aliphatic heterocycles. The van der Waals surface area contributed by atoms with Crippen molar-refractivity contribution in [2.75, 3.05) is 33.4 Å². The zero-order valence-electron chi connectivity index (χ0n) is 8.04. The Hall–Kier alpha value is -0.810. The molecule has 0 aliphatic carbocycles. The molecule has 0 radical (unpaired) electrons. The quantitative estimate of drug-likeness (QED) is 0.532. The SMILES string of the molecule is COCCCCNCCOC(N)=O. The van der Waals surface area contributed by atoms with Crippen molar-refractivity contribution < 1.29 is 14.3 Å². The lowest BCUT2D eigenvalue weighted by molar-refractivity contribution is 0.157. The van der Waals surface area contributed by atoms with Gasteiger partial charge < -0.3 is 20.5 Å². The van der Waals surface area contributed by atoms with E-state index in [1.807, 2.05) is 0 Å². The van der Waals surface area contributed by atoms with Crippen LogP contribution in [0.25, 0.3) is 0 Å². The van der Waals surface area contributed by atoms with Gasteiger partial charge in [0.05, 0.1) is 0 Å². The van der Waals surface area contributed by atoms with Gasteiger partial charge in [0, 0.05) is 20.3 Å². The van der Waals surface area contributed by atoms with Gasteiger partial charge in [0.2, 0.25) is 0 Å². The maximum atomic E-state index is 10.1. The highest BCUT2D eigenvalue weighted by atomic mass is 16.5. The third kappa shape index (κ3) is 11.2. The van der Waals surface area contributed by atoms with E-state index in [0.717, 1.165) is 26.0 Å². The van der Waals surface area contributed by atoms with Crippen molar-refractivity contribution in [2.24, 2.45) is 5.73 Å². The van der Waals surface area contributed by atoms with E-state index in [1.54, 1.807) is 7.11 Å². The molecule has 0 fully saturated rings. The normalized spacial score (nSPS) is 9.92. The van der Waals surface area contributed by atoms with Gasteiger partial charge in [0.1, 0.15) is 6.61 Å². The van der Waals surface area contributed by atoms with Crippen LogP contribution < -0.4 is 11.1 Å². The molecule has 0 spiro atoms. The fourth-order valence-electron chi connectivity index (χ4n) is 0.845. The Morgan fingerprint density at radius 3 is 2.69 bits per heavy atom. The van der Waals surface area contributed by atoms with Gasteiger partial charge in [-0.05, 0) is 19.4 Å². The Morgan fingerprint density at radius 2 is 2.08 bits per heavy atom. The molecule has 1 amide bonds. The maximum Gasteiger partial charge on any atom is 0.404 e. The summed E-state index contributed by atoms with van der Waals surface area (Å²) in [5.41, 5.74) is 4.77. The lowest BCUT2D eigenvalue weighted by Crippen LogP contribution is -2.24. The van der Waals surface area contributed by atoms with Crippen LogP contribution in [0.3, 0.4) is 0 Å². The topological polar surface area (TPSA) is 73.6 Å². The number of primary amides is 1. The number of amides is 1. The number of carbonyl (C=O) groups excluding carboxylic acids is 1. The van der Waals surface area contributed by atoms with Crippen molar-refractivity contribution in [3.05, 3.63) is 0 Å². The fraction of sp³-hybridized carbons (Fsp3) is 0.875. The number of unbranched alkanes of at least 4 members (excludes halogenated alkanes) is 1. The minimum atomic E-state index is -0.721. The highest BCUT2D eigenvalue weighted by molar-refractivity contribution is 5.64. The number of nitrogens with two attached hydrogens (primary N) is 1. The van der Waals surface area contributed by atoms with Gasteiger partial charge in [-0.3, -0.25) is 0 Å². The lowest BCUT2D eigenvalue weighted by Gasteiger charge is -2.04. The second kappa shape index (κ2) is 9.28. The zero-order chi connectivity index (χ0) is 9.94. The van der Waals surface area contributed by atoms with Crippen LogP contribution in [-0.2, 0) is 9.47 Å². The van der Waals surface area contributed by atoms with Crippen molar-refractivity contribution in [2.45, 2.75) is 12.8 Å². The van der Waals surface area contributed by atoms with Crippen molar-refractivity contribution in [3.63, 3.8) is 0 Å². The predicted molar refractivity (Wildman–Crippen MR) is 49.5 cm³/mol. The molecule has 5 heteroatoms. The molecule has 0 aromatic carbocycles. The highest BCUT2D eigenvalue weighted by Gasteiger charge is 1.92. The van der Waals surface area contributed by atoms with Gasteiger partial charge in [-0.15, -0.1) is 0 Å². The number of ether oxygens (including phenoxy) is 2. The second-order valence-corrected chi connectivity index (χ2v) is 2.62. The molecule has 0 saturated heterocycles. The van der Waals surface area contributed by atoms with Crippen LogP contribution in [0.5, 0.6) is 0 Å². The second-order valence-electron chi connectivity index (χ2n) is 2.62. The molecular weight excluding hydrogens is 172 g/mol. The van der Waals surface area contributed by atoms with Crippen LogP contribution in [0, 0.1) is 0 Å². The number of hydrogen-bond acceptors (Lipinski definition) is 4. The minimum absolute atomic E-state index is 0.333. The third-order valence-electron chi connectivity index (χ3n) is 1.48. The molecule has 0 aromatic rings. The van der Waals surface area contributed by atoms with E-state index in [-0.39, 0.29) is 0 Å². The van der Waals surface area contributed by atoms with Crippen LogP contribution >= 0.6 is 0 Å². The van der Waals surface area contributed by atoms with Crippen LogP contribution in [-0.4, -0.2) is 39.5 Å². The van der Waals surface area contributed by atoms with Gasteiger partial charge in [0.15, 0.2) is 0 Å². The first-order chi connectivity index (χ1) is 6.27. The largest absolute Gasteiger partial charge is 0.448 e. The summed E-state index contributed by atoms with van der Waals surface area (Å²) in [5.74, 6) is 0. The summed E-state index contributed by atoms with van der Waals surface area (Å²) in [6.45, 7) is 2.68. The molecule has 3 N–H and O–H groups in total. The summed E-state index contributed by atoms with van der Waals surface area (Å²) in [7, 11) is 1.69. The Kier molecular flexibility index (Phi) is 8.70. The zero-order valence-corrected chi connectivity index (χ0v) is 8.04. The molecule has 0 aliphatic rings. The first kappa shape index (κ1) is 12.2. The Balaban J connectivity index is 2.87. The molecule has 0 saturated carbocycles. The van der Waals surface area contributed by atoms with E-state index in [0.29, 0.717) is 13.2 Å². The number of nitrogens with one attached hydrogen (secondary N) is 1. The molecule has 13 heavy (non-hydrogen) atoms. The van der Waals surface area contributed by atoms with E-state index >= 15 is 0 Å². The number of methoxy groups -OCH3 is 1. The molecular formula is C8H18N2O3. The van der Waals surface area contributed by atoms with E-state index in [2.05, 4.69) is 10.1 Å². The lowest BCUT2D eigenvalue weighted by atomic mass is 10.3. The number of hydrogen-bond donors (Lipinski definition) is 2. The van der Waals surface area contributed by atoms with E-state index in [4.69, 9.17) is 10.5 Å². The Labute approximate surface area is 78.6 Å². The van der Waals surface area contributed by atoms with E-state index < -0.39 is 6.09 Å². The van der Waals surface area contributed by atoms with Crippen molar-refractivity contribution in [1.29, 1.82) is 0 Å². The minimum Gasteiger partial charge on any atom is -0.448 e. The molecule has 0 heterocycles. The molecule has 0 unspecified atom stereocenters. The Bertz CT molecular complexity index is 131. The standard InChI is InChI=1S/C8H18N2O3/c1-12-6-3-2-4-10-5-7-13-8(9)11/h10H,2-7H2,1H3,(H2,9,11). The molecule has 5 nitrogen and oxygen atoms in total. The summed E-state index contributed by atoms with van der Waals surface area (Å²) in [6.07, 6.45) is 1.38. The van der Waals surface area contributed by atoms with Crippen LogP contribution in [0.1, 0.15) is 12.8 Å². The summed E-state index contributed by atoms with van der Waals surface area (Å²) in [6, 6.07) is 0. The van der Waals surface area contributed by atoms with Crippen molar-refractivity contribution in [3.8, 4) is 0 Å². The summed E-state index contributed by atoms with van der Waals surface area (Å²) in [4.78, 5) is 10.1. The molecule has 0 aromatic heterocycles. The maximum absolute atomic E-state index is 10.1.